The van der Waals surface area contributed by atoms with Crippen molar-refractivity contribution in [1.29, 1.82) is 0 Å². The van der Waals surface area contributed by atoms with Crippen molar-refractivity contribution >= 4 is 5.91 Å². The molecule has 144 valence electrons. The minimum atomic E-state index is -0.117. The lowest BCUT2D eigenvalue weighted by Gasteiger charge is -2.37. The van der Waals surface area contributed by atoms with Crippen LogP contribution in [0.25, 0.3) is 0 Å². The Morgan fingerprint density at radius 3 is 2.63 bits per heavy atom. The van der Waals surface area contributed by atoms with Crippen LogP contribution in [-0.2, 0) is 31.2 Å². The Labute approximate surface area is 159 Å². The van der Waals surface area contributed by atoms with Gasteiger partial charge in [-0.15, -0.1) is 0 Å². The van der Waals surface area contributed by atoms with Crippen molar-refractivity contribution in [3.05, 3.63) is 52.2 Å². The van der Waals surface area contributed by atoms with Crippen molar-refractivity contribution in [1.82, 2.24) is 24.1 Å². The summed E-state index contributed by atoms with van der Waals surface area (Å²) >= 11 is 0. The largest absolute Gasteiger partial charge is 0.345 e. The third-order valence-corrected chi connectivity index (χ3v) is 5.80. The van der Waals surface area contributed by atoms with Gasteiger partial charge in [-0.2, -0.15) is 5.10 Å². The minimum Gasteiger partial charge on any atom is -0.340 e. The molecule has 2 aromatic rings. The highest BCUT2D eigenvalue weighted by molar-refractivity contribution is 5.79. The lowest BCUT2D eigenvalue weighted by Crippen LogP contribution is -2.51. The summed E-state index contributed by atoms with van der Waals surface area (Å²) in [6, 6.07) is 10.5. The second kappa shape index (κ2) is 7.68. The zero-order valence-corrected chi connectivity index (χ0v) is 15.9. The van der Waals surface area contributed by atoms with Gasteiger partial charge in [0.05, 0.1) is 5.92 Å². The Kier molecular flexibility index (Phi) is 5.11. The van der Waals surface area contributed by atoms with Crippen LogP contribution >= 0.6 is 0 Å². The second-order valence-corrected chi connectivity index (χ2v) is 7.57. The number of benzene rings is 1. The van der Waals surface area contributed by atoms with E-state index in [1.807, 2.05) is 11.0 Å². The predicted molar refractivity (Wildman–Crippen MR) is 102 cm³/mol. The van der Waals surface area contributed by atoms with E-state index in [1.165, 1.54) is 10.2 Å². The average molecular weight is 369 g/mol. The summed E-state index contributed by atoms with van der Waals surface area (Å²) in [5, 5.41) is 4.25. The van der Waals surface area contributed by atoms with Gasteiger partial charge in [-0.3, -0.25) is 14.3 Å². The SMILES string of the molecule is Cn1nc2n(c1=O)C[C@@H](C(=O)N1CCN(CCc3ccccc3)CC1)CC2. The molecular formula is C20H27N5O2. The summed E-state index contributed by atoms with van der Waals surface area (Å²) in [4.78, 5) is 29.5. The van der Waals surface area contributed by atoms with Crippen LogP contribution in [0.1, 0.15) is 17.8 Å². The summed E-state index contributed by atoms with van der Waals surface area (Å²) in [6.07, 6.45) is 2.52. The van der Waals surface area contributed by atoms with E-state index in [1.54, 1.807) is 11.6 Å². The van der Waals surface area contributed by atoms with Crippen LogP contribution in [0.3, 0.4) is 0 Å². The highest BCUT2D eigenvalue weighted by Crippen LogP contribution is 2.20. The van der Waals surface area contributed by atoms with E-state index in [2.05, 4.69) is 34.3 Å². The number of hydrogen-bond donors (Lipinski definition) is 0. The number of fused-ring (bicyclic) bond motifs is 1. The van der Waals surface area contributed by atoms with Gasteiger partial charge in [0, 0.05) is 52.7 Å². The van der Waals surface area contributed by atoms with Gasteiger partial charge in [-0.1, -0.05) is 30.3 Å². The third kappa shape index (κ3) is 3.83. The summed E-state index contributed by atoms with van der Waals surface area (Å²) in [5.41, 5.74) is 1.24. The van der Waals surface area contributed by atoms with Crippen molar-refractivity contribution in [2.24, 2.45) is 13.0 Å². The van der Waals surface area contributed by atoms with Gasteiger partial charge in [0.15, 0.2) is 0 Å². The summed E-state index contributed by atoms with van der Waals surface area (Å²) in [7, 11) is 1.67. The smallest absolute Gasteiger partial charge is 0.340 e. The van der Waals surface area contributed by atoms with Crippen LogP contribution in [-0.4, -0.2) is 62.8 Å². The summed E-state index contributed by atoms with van der Waals surface area (Å²) in [6.45, 7) is 4.89. The van der Waals surface area contributed by atoms with Gasteiger partial charge in [0.1, 0.15) is 5.82 Å². The Morgan fingerprint density at radius 2 is 1.89 bits per heavy atom. The minimum absolute atomic E-state index is 0.102. The quantitative estimate of drug-likeness (QED) is 0.789. The Balaban J connectivity index is 1.29. The first-order valence-corrected chi connectivity index (χ1v) is 9.79. The molecule has 7 heteroatoms. The number of amides is 1. The molecule has 1 atom stereocenters. The Morgan fingerprint density at radius 1 is 1.15 bits per heavy atom. The van der Waals surface area contributed by atoms with Gasteiger partial charge < -0.3 is 4.90 Å². The molecule has 1 amide bonds. The lowest BCUT2D eigenvalue weighted by molar-refractivity contribution is -0.138. The van der Waals surface area contributed by atoms with Gasteiger partial charge in [-0.25, -0.2) is 9.48 Å². The number of rotatable bonds is 4. The van der Waals surface area contributed by atoms with E-state index < -0.39 is 0 Å². The first-order valence-electron chi connectivity index (χ1n) is 9.79. The standard InChI is InChI=1S/C20H27N5O2/c1-22-20(27)25-15-17(7-8-18(25)21-22)19(26)24-13-11-23(12-14-24)10-9-16-5-3-2-4-6-16/h2-6,17H,7-15H2,1H3/t17-/m0/s1. The van der Waals surface area contributed by atoms with Gasteiger partial charge in [0.2, 0.25) is 5.91 Å². The molecule has 4 rings (SSSR count). The molecule has 1 aromatic heterocycles. The fourth-order valence-electron chi connectivity index (χ4n) is 4.12. The molecule has 2 aliphatic rings. The van der Waals surface area contributed by atoms with Crippen molar-refractivity contribution in [2.45, 2.75) is 25.8 Å². The fraction of sp³-hybridized carbons (Fsp3) is 0.550. The number of carbonyl (C=O) groups excluding carboxylic acids is 1. The number of nitrogens with zero attached hydrogens (tertiary/aromatic N) is 5. The van der Waals surface area contributed by atoms with E-state index >= 15 is 0 Å². The zero-order chi connectivity index (χ0) is 18.8. The molecule has 2 aliphatic heterocycles. The molecule has 1 fully saturated rings. The van der Waals surface area contributed by atoms with E-state index in [4.69, 9.17) is 0 Å². The Bertz CT molecular complexity index is 849. The first kappa shape index (κ1) is 18.0. The number of piperazine rings is 1. The molecule has 1 saturated heterocycles. The van der Waals surface area contributed by atoms with Crippen molar-refractivity contribution in [3.63, 3.8) is 0 Å². The number of carbonyl (C=O) groups is 1. The molecule has 3 heterocycles. The van der Waals surface area contributed by atoms with Crippen molar-refractivity contribution < 1.29 is 4.79 Å². The molecule has 27 heavy (non-hydrogen) atoms. The van der Waals surface area contributed by atoms with Crippen LogP contribution in [0.5, 0.6) is 0 Å². The van der Waals surface area contributed by atoms with E-state index in [-0.39, 0.29) is 17.5 Å². The van der Waals surface area contributed by atoms with Gasteiger partial charge >= 0.3 is 5.69 Å². The molecular weight excluding hydrogens is 342 g/mol. The fourth-order valence-corrected chi connectivity index (χ4v) is 4.12. The van der Waals surface area contributed by atoms with E-state index in [9.17, 15) is 9.59 Å². The molecule has 1 aromatic carbocycles. The van der Waals surface area contributed by atoms with Crippen molar-refractivity contribution in [2.75, 3.05) is 32.7 Å². The second-order valence-electron chi connectivity index (χ2n) is 7.57. The van der Waals surface area contributed by atoms with Crippen LogP contribution in [0.2, 0.25) is 0 Å². The maximum absolute atomic E-state index is 12.9. The first-order chi connectivity index (χ1) is 13.1. The van der Waals surface area contributed by atoms with Crippen LogP contribution < -0.4 is 5.69 Å². The average Bonchev–Trinajstić information content (AvgIpc) is 3.00. The molecule has 0 radical (unpaired) electrons. The Hall–Kier alpha value is -2.41. The normalized spacial score (nSPS) is 20.5. The van der Waals surface area contributed by atoms with Crippen molar-refractivity contribution in [3.8, 4) is 0 Å². The number of aryl methyl sites for hydroxylation is 2. The van der Waals surface area contributed by atoms with E-state index in [0.717, 1.165) is 51.4 Å². The highest BCUT2D eigenvalue weighted by atomic mass is 16.2. The van der Waals surface area contributed by atoms with Gasteiger partial charge in [0.25, 0.3) is 0 Å². The molecule has 7 nitrogen and oxygen atoms in total. The summed E-state index contributed by atoms with van der Waals surface area (Å²) in [5.74, 6) is 0.895. The summed E-state index contributed by atoms with van der Waals surface area (Å²) < 4.78 is 3.04. The monoisotopic (exact) mass is 369 g/mol. The van der Waals surface area contributed by atoms with E-state index in [0.29, 0.717) is 13.0 Å². The third-order valence-electron chi connectivity index (χ3n) is 5.80. The lowest BCUT2D eigenvalue weighted by atomic mass is 9.97. The molecule has 0 unspecified atom stereocenters. The molecule has 0 bridgehead atoms. The number of hydrogen-bond acceptors (Lipinski definition) is 4. The molecule has 0 spiro atoms. The zero-order valence-electron chi connectivity index (χ0n) is 15.9. The van der Waals surface area contributed by atoms with Gasteiger partial charge in [-0.05, 0) is 18.4 Å². The highest BCUT2D eigenvalue weighted by Gasteiger charge is 2.32. The maximum atomic E-state index is 12.9. The maximum Gasteiger partial charge on any atom is 0.345 e. The molecule has 0 saturated carbocycles. The predicted octanol–water partition coefficient (Wildman–Crippen LogP) is 0.531. The van der Waals surface area contributed by atoms with Crippen LogP contribution in [0.15, 0.2) is 35.1 Å². The molecule has 0 N–H and O–H groups in total. The van der Waals surface area contributed by atoms with Crippen LogP contribution in [0, 0.1) is 5.92 Å². The van der Waals surface area contributed by atoms with Crippen LogP contribution in [0.4, 0.5) is 0 Å². The number of aromatic nitrogens is 3. The topological polar surface area (TPSA) is 63.4 Å². The molecule has 0 aliphatic carbocycles.